The maximum absolute atomic E-state index is 9.29. The predicted octanol–water partition coefficient (Wildman–Crippen LogP) is 5.25. The van der Waals surface area contributed by atoms with Gasteiger partial charge in [0.15, 0.2) is 0 Å². The van der Waals surface area contributed by atoms with Gasteiger partial charge in [-0.1, -0.05) is 18.2 Å². The zero-order chi connectivity index (χ0) is 17.8. The first kappa shape index (κ1) is 18.5. The number of piperazine rings is 1. The van der Waals surface area contributed by atoms with Crippen LogP contribution in [0.2, 0.25) is 0 Å². The second-order valence-corrected chi connectivity index (χ2v) is 8.29. The summed E-state index contributed by atoms with van der Waals surface area (Å²) in [5.74, 6) is 0. The molecule has 0 bridgehead atoms. The highest BCUT2D eigenvalue weighted by molar-refractivity contribution is 8.21. The fourth-order valence-corrected chi connectivity index (χ4v) is 4.91. The van der Waals surface area contributed by atoms with Crippen molar-refractivity contribution < 1.29 is 0 Å². The van der Waals surface area contributed by atoms with Crippen molar-refractivity contribution in [2.45, 2.75) is 23.6 Å². The molecule has 0 radical (unpaired) electrons. The minimum absolute atomic E-state index is 0.752. The molecule has 25 heavy (non-hydrogen) atoms. The third kappa shape index (κ3) is 4.27. The van der Waals surface area contributed by atoms with E-state index >= 15 is 0 Å². The van der Waals surface area contributed by atoms with Gasteiger partial charge in [-0.15, -0.1) is 0 Å². The molecule has 1 aliphatic heterocycles. The molecule has 0 saturated carbocycles. The summed E-state index contributed by atoms with van der Waals surface area (Å²) in [5, 5.41) is 9.29. The molecule has 2 aromatic rings. The number of halogens is 1. The quantitative estimate of drug-likeness (QED) is 0.666. The van der Waals surface area contributed by atoms with E-state index in [1.165, 1.54) is 27.0 Å². The van der Waals surface area contributed by atoms with Crippen LogP contribution in [0, 0.1) is 25.2 Å². The Hall–Kier alpha value is -1.32. The van der Waals surface area contributed by atoms with E-state index in [2.05, 4.69) is 41.3 Å². The molecule has 0 spiro atoms. The lowest BCUT2D eigenvalue weighted by atomic mass is 10.1. The van der Waals surface area contributed by atoms with Crippen molar-refractivity contribution in [2.24, 2.45) is 0 Å². The van der Waals surface area contributed by atoms with Crippen molar-refractivity contribution in [1.29, 1.82) is 5.26 Å². The monoisotopic (exact) mass is 389 g/mol. The molecule has 0 unspecified atom stereocenters. The van der Waals surface area contributed by atoms with Crippen LogP contribution in [0.1, 0.15) is 16.7 Å². The summed E-state index contributed by atoms with van der Waals surface area (Å²) >= 11 is 1.81. The van der Waals surface area contributed by atoms with Gasteiger partial charge in [-0.05, 0) is 76.8 Å². The molecule has 130 valence electrons. The van der Waals surface area contributed by atoms with Crippen molar-refractivity contribution in [2.75, 3.05) is 31.1 Å². The number of rotatable bonds is 4. The van der Waals surface area contributed by atoms with Crippen LogP contribution in [-0.4, -0.2) is 30.5 Å². The molecule has 0 amide bonds. The zero-order valence-electron chi connectivity index (χ0n) is 14.3. The molecule has 1 saturated heterocycles. The van der Waals surface area contributed by atoms with Gasteiger partial charge in [0.1, 0.15) is 6.07 Å². The summed E-state index contributed by atoms with van der Waals surface area (Å²) in [6, 6.07) is 14.5. The largest absolute Gasteiger partial charge is 0.368 e. The second-order valence-electron chi connectivity index (χ2n) is 6.10. The third-order valence-electron chi connectivity index (χ3n) is 4.39. The number of para-hydroxylation sites is 1. The number of aryl methyl sites for hydroxylation is 2. The molecular formula is C19H20ClN3S2. The minimum atomic E-state index is 0.752. The van der Waals surface area contributed by atoms with E-state index in [-0.39, 0.29) is 0 Å². The van der Waals surface area contributed by atoms with E-state index in [9.17, 15) is 5.26 Å². The Labute approximate surface area is 162 Å². The van der Waals surface area contributed by atoms with Crippen molar-refractivity contribution in [3.63, 3.8) is 0 Å². The van der Waals surface area contributed by atoms with Crippen LogP contribution in [0.5, 0.6) is 0 Å². The Kier molecular flexibility index (Phi) is 6.19. The van der Waals surface area contributed by atoms with Crippen LogP contribution in [0.3, 0.4) is 0 Å². The van der Waals surface area contributed by atoms with Crippen molar-refractivity contribution in [1.82, 2.24) is 4.31 Å². The minimum Gasteiger partial charge on any atom is -0.368 e. The maximum atomic E-state index is 9.29. The number of hydrogen-bond acceptors (Lipinski definition) is 5. The Morgan fingerprint density at radius 1 is 1.00 bits per heavy atom. The number of hydrogen-bond donors (Lipinski definition) is 0. The van der Waals surface area contributed by atoms with Crippen LogP contribution in [0.4, 0.5) is 5.69 Å². The first-order valence-electron chi connectivity index (χ1n) is 8.19. The molecular weight excluding hydrogens is 370 g/mol. The van der Waals surface area contributed by atoms with E-state index in [1.807, 2.05) is 24.3 Å². The van der Waals surface area contributed by atoms with E-state index in [0.29, 0.717) is 0 Å². The van der Waals surface area contributed by atoms with Gasteiger partial charge in [-0.3, -0.25) is 0 Å². The predicted molar refractivity (Wildman–Crippen MR) is 108 cm³/mol. The standard InChI is InChI=1S/C19H20ClN3S2/c1-14-11-15(2)19(12-18(14)24-20)25-23-9-7-22(8-10-23)17-6-4-3-5-16(17)13-21/h3-6,11-12H,7-10H2,1-2H3. The lowest BCUT2D eigenvalue weighted by Gasteiger charge is -2.35. The van der Waals surface area contributed by atoms with Crippen molar-refractivity contribution >= 4 is 39.3 Å². The molecule has 0 N–H and O–H groups in total. The molecule has 6 heteroatoms. The van der Waals surface area contributed by atoms with Gasteiger partial charge >= 0.3 is 0 Å². The highest BCUT2D eigenvalue weighted by Gasteiger charge is 2.20. The van der Waals surface area contributed by atoms with E-state index in [4.69, 9.17) is 10.7 Å². The summed E-state index contributed by atoms with van der Waals surface area (Å²) in [5.41, 5.74) is 4.30. The number of benzene rings is 2. The smallest absolute Gasteiger partial charge is 0.101 e. The Bertz CT molecular complexity index is 796. The van der Waals surface area contributed by atoms with E-state index in [1.54, 1.807) is 11.9 Å². The molecule has 1 aliphatic rings. The number of anilines is 1. The van der Waals surface area contributed by atoms with Gasteiger partial charge in [0, 0.05) is 36.0 Å². The topological polar surface area (TPSA) is 30.3 Å². The van der Waals surface area contributed by atoms with Crippen molar-refractivity contribution in [3.8, 4) is 6.07 Å². The van der Waals surface area contributed by atoms with Crippen LogP contribution >= 0.6 is 33.6 Å². The highest BCUT2D eigenvalue weighted by atomic mass is 35.7. The lowest BCUT2D eigenvalue weighted by molar-refractivity contribution is 0.429. The molecule has 0 aromatic heterocycles. The lowest BCUT2D eigenvalue weighted by Crippen LogP contribution is -2.43. The van der Waals surface area contributed by atoms with Gasteiger partial charge in [-0.2, -0.15) is 5.26 Å². The summed E-state index contributed by atoms with van der Waals surface area (Å²) < 4.78 is 2.39. The number of nitriles is 1. The SMILES string of the molecule is Cc1cc(C)c(SN2CCN(c3ccccc3C#N)CC2)cc1SCl. The van der Waals surface area contributed by atoms with E-state index < -0.39 is 0 Å². The molecule has 0 atom stereocenters. The first-order chi connectivity index (χ1) is 12.1. The molecule has 2 aromatic carbocycles. The highest BCUT2D eigenvalue weighted by Crippen LogP contribution is 2.35. The number of nitrogens with zero attached hydrogens (tertiary/aromatic N) is 3. The van der Waals surface area contributed by atoms with Crippen LogP contribution in [0.25, 0.3) is 0 Å². The molecule has 1 heterocycles. The average molecular weight is 390 g/mol. The Morgan fingerprint density at radius 3 is 2.36 bits per heavy atom. The molecule has 0 aliphatic carbocycles. The van der Waals surface area contributed by atoms with Gasteiger partial charge < -0.3 is 4.90 Å². The normalized spacial score (nSPS) is 15.2. The fraction of sp³-hybridized carbons (Fsp3) is 0.316. The fourth-order valence-electron chi connectivity index (χ4n) is 3.00. The summed E-state index contributed by atoms with van der Waals surface area (Å²) in [6.07, 6.45) is 0. The molecule has 3 nitrogen and oxygen atoms in total. The van der Waals surface area contributed by atoms with Gasteiger partial charge in [0.2, 0.25) is 0 Å². The van der Waals surface area contributed by atoms with E-state index in [0.717, 1.165) is 42.3 Å². The molecule has 1 fully saturated rings. The maximum Gasteiger partial charge on any atom is 0.101 e. The van der Waals surface area contributed by atoms with Crippen LogP contribution < -0.4 is 4.90 Å². The Morgan fingerprint density at radius 2 is 1.68 bits per heavy atom. The second kappa shape index (κ2) is 8.37. The zero-order valence-corrected chi connectivity index (χ0v) is 16.7. The third-order valence-corrected chi connectivity index (χ3v) is 6.75. The summed E-state index contributed by atoms with van der Waals surface area (Å²) in [4.78, 5) is 4.69. The molecule has 3 rings (SSSR count). The average Bonchev–Trinajstić information content (AvgIpc) is 2.64. The van der Waals surface area contributed by atoms with Crippen molar-refractivity contribution in [3.05, 3.63) is 53.1 Å². The van der Waals surface area contributed by atoms with Gasteiger partial charge in [-0.25, -0.2) is 4.31 Å². The van der Waals surface area contributed by atoms with Crippen LogP contribution in [0.15, 0.2) is 46.2 Å². The Balaban J connectivity index is 1.66. The summed E-state index contributed by atoms with van der Waals surface area (Å²) in [6.45, 7) is 8.01. The van der Waals surface area contributed by atoms with Gasteiger partial charge in [0.05, 0.1) is 11.3 Å². The van der Waals surface area contributed by atoms with Crippen LogP contribution in [-0.2, 0) is 0 Å². The van der Waals surface area contributed by atoms with Gasteiger partial charge in [0.25, 0.3) is 0 Å². The summed E-state index contributed by atoms with van der Waals surface area (Å²) in [7, 11) is 7.26. The first-order valence-corrected chi connectivity index (χ1v) is 10.6.